The van der Waals surface area contributed by atoms with Crippen LogP contribution in [0.2, 0.25) is 0 Å². The van der Waals surface area contributed by atoms with E-state index in [9.17, 15) is 4.79 Å². The first-order chi connectivity index (χ1) is 6.76. The minimum Gasteiger partial charge on any atom is -0.469 e. The Kier molecular flexibility index (Phi) is 2.80. The van der Waals surface area contributed by atoms with Gasteiger partial charge in [0.05, 0.1) is 13.0 Å². The quantitative estimate of drug-likeness (QED) is 0.603. The molecule has 1 atom stereocenters. The van der Waals surface area contributed by atoms with Gasteiger partial charge in [0.2, 0.25) is 0 Å². The molecule has 0 aromatic carbocycles. The van der Waals surface area contributed by atoms with Gasteiger partial charge in [-0.2, -0.15) is 0 Å². The molecule has 2 aliphatic rings. The van der Waals surface area contributed by atoms with Crippen molar-refractivity contribution in [3.8, 4) is 0 Å². The second kappa shape index (κ2) is 3.92. The van der Waals surface area contributed by atoms with Crippen LogP contribution in [-0.2, 0) is 9.53 Å². The van der Waals surface area contributed by atoms with E-state index < -0.39 is 0 Å². The smallest absolute Gasteiger partial charge is 0.308 e. The topological polar surface area (TPSA) is 26.3 Å². The lowest BCUT2D eigenvalue weighted by Crippen LogP contribution is -2.22. The first-order valence-electron chi connectivity index (χ1n) is 5.84. The Balaban J connectivity index is 1.95. The Morgan fingerprint density at radius 2 is 1.93 bits per heavy atom. The summed E-state index contributed by atoms with van der Waals surface area (Å²) < 4.78 is 4.83. The van der Waals surface area contributed by atoms with Gasteiger partial charge in [0.15, 0.2) is 0 Å². The molecule has 2 heteroatoms. The minimum atomic E-state index is 0.0208. The molecule has 0 saturated heterocycles. The molecule has 0 amide bonds. The van der Waals surface area contributed by atoms with Crippen LogP contribution in [-0.4, -0.2) is 13.1 Å². The molecule has 2 nitrogen and oxygen atoms in total. The molecule has 0 radical (unpaired) electrons. The van der Waals surface area contributed by atoms with Crippen LogP contribution in [0.5, 0.6) is 0 Å². The molecule has 0 aromatic heterocycles. The average Bonchev–Trinajstić information content (AvgIpc) is 2.62. The van der Waals surface area contributed by atoms with E-state index in [0.29, 0.717) is 5.41 Å². The van der Waals surface area contributed by atoms with Crippen LogP contribution < -0.4 is 0 Å². The summed E-state index contributed by atoms with van der Waals surface area (Å²) in [4.78, 5) is 11.4. The van der Waals surface area contributed by atoms with E-state index in [1.54, 1.807) is 0 Å². The first-order valence-corrected chi connectivity index (χ1v) is 5.84. The van der Waals surface area contributed by atoms with E-state index in [1.807, 2.05) is 0 Å². The van der Waals surface area contributed by atoms with Crippen LogP contribution in [0.15, 0.2) is 0 Å². The normalized spacial score (nSPS) is 30.5. The maximum Gasteiger partial charge on any atom is 0.308 e. The molecule has 2 aliphatic carbocycles. The van der Waals surface area contributed by atoms with Crippen LogP contribution in [0.3, 0.4) is 0 Å². The Bertz CT molecular complexity index is 216. The molecule has 1 unspecified atom stereocenters. The highest BCUT2D eigenvalue weighted by Crippen LogP contribution is 2.51. The van der Waals surface area contributed by atoms with Crippen molar-refractivity contribution in [3.63, 3.8) is 0 Å². The summed E-state index contributed by atoms with van der Waals surface area (Å²) >= 11 is 0. The predicted molar refractivity (Wildman–Crippen MR) is 54.9 cm³/mol. The van der Waals surface area contributed by atoms with Crippen molar-refractivity contribution in [2.45, 2.75) is 51.4 Å². The summed E-state index contributed by atoms with van der Waals surface area (Å²) in [6, 6.07) is 0. The molecule has 0 N–H and O–H groups in total. The summed E-state index contributed by atoms with van der Waals surface area (Å²) in [5.41, 5.74) is 0.525. The summed E-state index contributed by atoms with van der Waals surface area (Å²) in [6.07, 6.45) is 10.2. The van der Waals surface area contributed by atoms with Crippen molar-refractivity contribution in [1.29, 1.82) is 0 Å². The van der Waals surface area contributed by atoms with E-state index in [-0.39, 0.29) is 11.9 Å². The van der Waals surface area contributed by atoms with Crippen molar-refractivity contribution in [2.24, 2.45) is 11.3 Å². The van der Waals surface area contributed by atoms with E-state index in [1.165, 1.54) is 45.6 Å². The third kappa shape index (κ3) is 1.79. The van der Waals surface area contributed by atoms with Crippen LogP contribution in [0.25, 0.3) is 0 Å². The van der Waals surface area contributed by atoms with Gasteiger partial charge in [-0.25, -0.2) is 0 Å². The number of carbonyl (C=O) groups is 1. The molecule has 0 bridgehead atoms. The summed E-state index contributed by atoms with van der Waals surface area (Å²) in [7, 11) is 1.51. The molecule has 80 valence electrons. The molecule has 2 fully saturated rings. The third-order valence-electron chi connectivity index (χ3n) is 4.15. The Morgan fingerprint density at radius 3 is 2.57 bits per heavy atom. The van der Waals surface area contributed by atoms with Gasteiger partial charge in [-0.15, -0.1) is 0 Å². The van der Waals surface area contributed by atoms with Gasteiger partial charge in [-0.3, -0.25) is 4.79 Å². The van der Waals surface area contributed by atoms with Crippen LogP contribution in [0.4, 0.5) is 0 Å². The molecule has 1 spiro atoms. The van der Waals surface area contributed by atoms with Gasteiger partial charge in [-0.1, -0.05) is 19.3 Å². The largest absolute Gasteiger partial charge is 0.469 e. The minimum absolute atomic E-state index is 0.0208. The highest BCUT2D eigenvalue weighted by Gasteiger charge is 2.42. The molecule has 14 heavy (non-hydrogen) atoms. The number of ether oxygens (including phenoxy) is 1. The maximum atomic E-state index is 11.4. The number of hydrogen-bond acceptors (Lipinski definition) is 2. The Morgan fingerprint density at radius 1 is 1.21 bits per heavy atom. The summed E-state index contributed by atoms with van der Waals surface area (Å²) in [6.45, 7) is 0. The molecule has 0 aliphatic heterocycles. The van der Waals surface area contributed by atoms with Gasteiger partial charge in [0, 0.05) is 0 Å². The molecular weight excluding hydrogens is 176 g/mol. The molecule has 2 saturated carbocycles. The first kappa shape index (κ1) is 10.0. The fourth-order valence-corrected chi connectivity index (χ4v) is 3.33. The van der Waals surface area contributed by atoms with E-state index in [4.69, 9.17) is 4.74 Å². The van der Waals surface area contributed by atoms with Gasteiger partial charge in [-0.05, 0) is 37.5 Å². The average molecular weight is 196 g/mol. The SMILES string of the molecule is COC(=O)C1CCC2(CCCCC2)C1. The lowest BCUT2D eigenvalue weighted by atomic mass is 9.72. The number of carbonyl (C=O) groups excluding carboxylic acids is 1. The van der Waals surface area contributed by atoms with Crippen LogP contribution in [0.1, 0.15) is 51.4 Å². The monoisotopic (exact) mass is 196 g/mol. The van der Waals surface area contributed by atoms with Crippen LogP contribution >= 0.6 is 0 Å². The second-order valence-corrected chi connectivity index (χ2v) is 5.02. The van der Waals surface area contributed by atoms with Crippen molar-refractivity contribution in [2.75, 3.05) is 7.11 Å². The maximum absolute atomic E-state index is 11.4. The lowest BCUT2D eigenvalue weighted by molar-refractivity contribution is -0.145. The number of methoxy groups -OCH3 is 1. The highest BCUT2D eigenvalue weighted by atomic mass is 16.5. The van der Waals surface area contributed by atoms with Gasteiger partial charge in [0.25, 0.3) is 0 Å². The molecular formula is C12H20O2. The Labute approximate surface area is 86.0 Å². The summed E-state index contributed by atoms with van der Waals surface area (Å²) in [5, 5.41) is 0. The zero-order chi connectivity index (χ0) is 10.0. The van der Waals surface area contributed by atoms with E-state index in [0.717, 1.165) is 12.8 Å². The molecule has 2 rings (SSSR count). The standard InChI is InChI=1S/C12H20O2/c1-14-11(13)10-5-8-12(9-10)6-3-2-4-7-12/h10H,2-9H2,1H3. The second-order valence-electron chi connectivity index (χ2n) is 5.02. The van der Waals surface area contributed by atoms with E-state index >= 15 is 0 Å². The van der Waals surface area contributed by atoms with E-state index in [2.05, 4.69) is 0 Å². The van der Waals surface area contributed by atoms with Crippen molar-refractivity contribution < 1.29 is 9.53 Å². The van der Waals surface area contributed by atoms with Gasteiger partial charge in [0.1, 0.15) is 0 Å². The van der Waals surface area contributed by atoms with Crippen molar-refractivity contribution in [1.82, 2.24) is 0 Å². The zero-order valence-electron chi connectivity index (χ0n) is 9.05. The summed E-state index contributed by atoms with van der Waals surface area (Å²) in [5.74, 6) is 0.227. The number of esters is 1. The Hall–Kier alpha value is -0.530. The molecule has 0 aromatic rings. The van der Waals surface area contributed by atoms with Gasteiger partial charge < -0.3 is 4.74 Å². The fourth-order valence-electron chi connectivity index (χ4n) is 3.33. The van der Waals surface area contributed by atoms with Crippen molar-refractivity contribution in [3.05, 3.63) is 0 Å². The highest BCUT2D eigenvalue weighted by molar-refractivity contribution is 5.72. The van der Waals surface area contributed by atoms with Crippen molar-refractivity contribution >= 4 is 5.97 Å². The fraction of sp³-hybridized carbons (Fsp3) is 0.917. The third-order valence-corrected chi connectivity index (χ3v) is 4.15. The molecule has 0 heterocycles. The number of hydrogen-bond donors (Lipinski definition) is 0. The predicted octanol–water partition coefficient (Wildman–Crippen LogP) is 2.91. The van der Waals surface area contributed by atoms with Gasteiger partial charge >= 0.3 is 5.97 Å². The van der Waals surface area contributed by atoms with Crippen LogP contribution in [0, 0.1) is 11.3 Å². The lowest BCUT2D eigenvalue weighted by Gasteiger charge is -2.33. The number of rotatable bonds is 1. The zero-order valence-corrected chi connectivity index (χ0v) is 9.05.